The maximum absolute atomic E-state index is 10.7. The molecule has 0 aromatic heterocycles. The summed E-state index contributed by atoms with van der Waals surface area (Å²) in [6.45, 7) is 0.951. The minimum absolute atomic E-state index is 0.339. The summed E-state index contributed by atoms with van der Waals surface area (Å²) in [5.41, 5.74) is 0. The van der Waals surface area contributed by atoms with Gasteiger partial charge >= 0.3 is 15.5 Å². The number of hydrogen-bond acceptors (Lipinski definition) is 2. The molecule has 0 aliphatic rings. The van der Waals surface area contributed by atoms with Gasteiger partial charge in [0, 0.05) is 0 Å². The molecule has 0 aromatic rings. The predicted molar refractivity (Wildman–Crippen MR) is 40.8 cm³/mol. The van der Waals surface area contributed by atoms with Crippen molar-refractivity contribution in [3.63, 3.8) is 0 Å². The number of rotatable bonds is 3. The number of nitrogens with zero attached hydrogens (tertiary/aromatic N) is 1. The summed E-state index contributed by atoms with van der Waals surface area (Å²) in [6, 6.07) is 0. The van der Waals surface area contributed by atoms with Crippen LogP contribution in [0.1, 0.15) is 6.92 Å². The molecule has 0 rings (SSSR count). The zero-order valence-corrected chi connectivity index (χ0v) is 8.44. The molecule has 0 heterocycles. The second kappa shape index (κ2) is 3.20. The fraction of sp³-hybridized carbons (Fsp3) is 1.00. The molecule has 12 heavy (non-hydrogen) atoms. The Balaban J connectivity index is 5.25. The van der Waals surface area contributed by atoms with Crippen molar-refractivity contribution in [1.29, 1.82) is 0 Å². The van der Waals surface area contributed by atoms with E-state index < -0.39 is 19.5 Å². The van der Waals surface area contributed by atoms with Crippen molar-refractivity contribution in [2.45, 2.75) is 6.92 Å². The molecule has 0 aliphatic carbocycles. The highest BCUT2D eigenvalue weighted by atomic mass is 31.3. The molecule has 0 saturated carbocycles. The maximum atomic E-state index is 10.7. The highest BCUT2D eigenvalue weighted by Gasteiger charge is 2.54. The van der Waals surface area contributed by atoms with Gasteiger partial charge in [0.15, 0.2) is 0 Å². The smallest absolute Gasteiger partial charge is 0.279 e. The molecule has 0 fully saturated rings. The summed E-state index contributed by atoms with van der Waals surface area (Å²) in [6.07, 6.45) is 0. The minimum atomic E-state index is -4.83. The monoisotopic (exact) mass is 220 g/mol. The molecule has 0 spiro atoms. The first-order valence-electron chi connectivity index (χ1n) is 3.04. The Morgan fingerprint density at radius 3 is 1.33 bits per heavy atom. The first-order valence-corrected chi connectivity index (χ1v) is 6.17. The van der Waals surface area contributed by atoms with E-state index in [0.29, 0.717) is 0 Å². The van der Waals surface area contributed by atoms with Crippen LogP contribution in [0.3, 0.4) is 0 Å². The van der Waals surface area contributed by atoms with Gasteiger partial charge in [0.2, 0.25) is 0 Å². The fourth-order valence-electron chi connectivity index (χ4n) is 0.520. The van der Waals surface area contributed by atoms with Gasteiger partial charge in [-0.1, -0.05) is 0 Å². The van der Waals surface area contributed by atoms with Crippen LogP contribution in [0.4, 0.5) is 0 Å². The van der Waals surface area contributed by atoms with Crippen LogP contribution in [0, 0.1) is 0 Å². The van der Waals surface area contributed by atoms with E-state index in [1.165, 1.54) is 6.92 Å². The quantitative estimate of drug-likeness (QED) is 0.482. The molecule has 0 bridgehead atoms. The summed E-state index contributed by atoms with van der Waals surface area (Å²) in [4.78, 5) is 34.7. The predicted octanol–water partition coefficient (Wildman–Crippen LogP) is -0.362. The Kier molecular flexibility index (Phi) is 3.26. The van der Waals surface area contributed by atoms with E-state index in [4.69, 9.17) is 19.6 Å². The van der Waals surface area contributed by atoms with Gasteiger partial charge in [-0.05, 0) is 6.92 Å². The van der Waals surface area contributed by atoms with Crippen LogP contribution in [0.15, 0.2) is 0 Å². The second-order valence-electron chi connectivity index (χ2n) is 2.43. The van der Waals surface area contributed by atoms with Gasteiger partial charge in [-0.2, -0.15) is 4.02 Å². The van der Waals surface area contributed by atoms with Crippen LogP contribution >= 0.6 is 15.5 Å². The zero-order chi connectivity index (χ0) is 10.2. The molecule has 7 nitrogen and oxygen atoms in total. The summed E-state index contributed by atoms with van der Waals surface area (Å²) in [5.74, 6) is 0. The summed E-state index contributed by atoms with van der Waals surface area (Å²) in [7, 11) is -8.85. The topological polar surface area (TPSA) is 115 Å². The first kappa shape index (κ1) is 12.3. The van der Waals surface area contributed by atoms with Crippen LogP contribution < -0.4 is 0 Å². The average Bonchev–Trinajstić information content (AvgIpc) is 1.81. The van der Waals surface area contributed by atoms with E-state index in [0.717, 1.165) is 7.05 Å². The Morgan fingerprint density at radius 1 is 1.08 bits per heavy atom. The van der Waals surface area contributed by atoms with Crippen molar-refractivity contribution >= 4 is 15.5 Å². The highest BCUT2D eigenvalue weighted by molar-refractivity contribution is 7.58. The molecule has 0 atom stereocenters. The van der Waals surface area contributed by atoms with Gasteiger partial charge in [-0.25, -0.2) is 9.13 Å². The third-order valence-corrected chi connectivity index (χ3v) is 5.93. The molecule has 0 aromatic carbocycles. The van der Waals surface area contributed by atoms with Gasteiger partial charge in [0.05, 0.1) is 13.6 Å². The standard InChI is InChI=1S/C3H11NO6P2/c1-3-4(2,11(5,6)7)12(8,9)10/h3H2,1-2H3,(H3-,5,6,7,8,9,10)/p+1. The largest absolute Gasteiger partial charge is 0.533 e. The van der Waals surface area contributed by atoms with Crippen LogP contribution in [0.2, 0.25) is 0 Å². The van der Waals surface area contributed by atoms with Crippen LogP contribution in [-0.2, 0) is 9.13 Å². The van der Waals surface area contributed by atoms with Crippen LogP contribution in [0.25, 0.3) is 0 Å². The lowest BCUT2D eigenvalue weighted by Gasteiger charge is -2.31. The van der Waals surface area contributed by atoms with Gasteiger partial charge in [-0.3, -0.25) is 19.6 Å². The van der Waals surface area contributed by atoms with Crippen molar-refractivity contribution in [3.05, 3.63) is 0 Å². The minimum Gasteiger partial charge on any atom is -0.279 e. The third kappa shape index (κ3) is 1.95. The van der Waals surface area contributed by atoms with E-state index in [-0.39, 0.29) is 6.54 Å². The molecule has 0 amide bonds. The number of hydrogen-bond donors (Lipinski definition) is 4. The van der Waals surface area contributed by atoms with E-state index in [1.807, 2.05) is 0 Å². The molecular formula is C3H12NO6P2+. The van der Waals surface area contributed by atoms with Crippen LogP contribution in [-0.4, -0.2) is 37.2 Å². The molecule has 74 valence electrons. The van der Waals surface area contributed by atoms with E-state index in [1.54, 1.807) is 0 Å². The fourth-order valence-corrected chi connectivity index (χ4v) is 2.47. The van der Waals surface area contributed by atoms with E-state index in [2.05, 4.69) is 0 Å². The molecule has 0 unspecified atom stereocenters. The van der Waals surface area contributed by atoms with Gasteiger partial charge in [0.1, 0.15) is 0 Å². The van der Waals surface area contributed by atoms with Crippen molar-refractivity contribution in [2.75, 3.05) is 13.6 Å². The van der Waals surface area contributed by atoms with Crippen molar-refractivity contribution in [3.8, 4) is 0 Å². The Hall–Kier alpha value is 0.260. The SMILES string of the molecule is CC[N+](C)(P(=O)(O)O)P(=O)(O)O. The van der Waals surface area contributed by atoms with E-state index in [9.17, 15) is 9.13 Å². The molecule has 0 aliphatic heterocycles. The van der Waals surface area contributed by atoms with Crippen molar-refractivity contribution in [1.82, 2.24) is 0 Å². The lowest BCUT2D eigenvalue weighted by atomic mass is 10.8. The van der Waals surface area contributed by atoms with Gasteiger partial charge < -0.3 is 0 Å². The summed E-state index contributed by atoms with van der Waals surface area (Å²) in [5, 5.41) is 0. The Labute approximate surface area is 69.7 Å². The number of quaternary nitrogens is 1. The molecular weight excluding hydrogens is 208 g/mol. The van der Waals surface area contributed by atoms with E-state index >= 15 is 0 Å². The van der Waals surface area contributed by atoms with Crippen LogP contribution in [0.5, 0.6) is 0 Å². The van der Waals surface area contributed by atoms with Gasteiger partial charge in [0.25, 0.3) is 0 Å². The first-order chi connectivity index (χ1) is 5.06. The normalized spacial score (nSPS) is 14.8. The maximum Gasteiger partial charge on any atom is 0.533 e. The zero-order valence-electron chi connectivity index (χ0n) is 6.65. The highest BCUT2D eigenvalue weighted by Crippen LogP contribution is 2.64. The molecule has 0 radical (unpaired) electrons. The molecule has 0 saturated heterocycles. The summed E-state index contributed by atoms with van der Waals surface area (Å²) < 4.78 is 19.9. The lowest BCUT2D eigenvalue weighted by Crippen LogP contribution is -2.36. The van der Waals surface area contributed by atoms with Crippen molar-refractivity contribution in [2.24, 2.45) is 0 Å². The molecule has 4 N–H and O–H groups in total. The van der Waals surface area contributed by atoms with Gasteiger partial charge in [-0.15, -0.1) is 0 Å². The third-order valence-electron chi connectivity index (χ3n) is 1.72. The molecule has 9 heteroatoms. The lowest BCUT2D eigenvalue weighted by molar-refractivity contribution is -0.687. The second-order valence-corrected chi connectivity index (χ2v) is 6.57. The Morgan fingerprint density at radius 2 is 1.33 bits per heavy atom. The van der Waals surface area contributed by atoms with Crippen molar-refractivity contribution < 1.29 is 32.7 Å². The summed E-state index contributed by atoms with van der Waals surface area (Å²) >= 11 is 0. The Bertz CT molecular complexity index is 230. The average molecular weight is 220 g/mol.